The van der Waals surface area contributed by atoms with Crippen LogP contribution in [0.15, 0.2) is 59.0 Å². The third kappa shape index (κ3) is 3.82. The minimum Gasteiger partial charge on any atom is -0.419 e. The Hall–Kier alpha value is -2.82. The summed E-state index contributed by atoms with van der Waals surface area (Å²) in [5.41, 5.74) is 3.29. The van der Waals surface area contributed by atoms with Crippen LogP contribution in [-0.4, -0.2) is 23.3 Å². The van der Waals surface area contributed by atoms with Gasteiger partial charge >= 0.3 is 0 Å². The number of rotatable bonds is 5. The number of hydrogen-bond acceptors (Lipinski definition) is 5. The molecule has 128 valence electrons. The van der Waals surface area contributed by atoms with Crippen molar-refractivity contribution in [1.82, 2.24) is 10.2 Å². The molecular weight excluding hydrogens is 312 g/mol. The summed E-state index contributed by atoms with van der Waals surface area (Å²) >= 11 is 0. The molecule has 25 heavy (non-hydrogen) atoms. The Bertz CT molecular complexity index is 792. The topological polar surface area (TPSA) is 54.2 Å². The van der Waals surface area contributed by atoms with Crippen molar-refractivity contribution in [2.75, 3.05) is 23.3 Å². The van der Waals surface area contributed by atoms with Gasteiger partial charge in [0.1, 0.15) is 0 Å². The second-order valence-corrected chi connectivity index (χ2v) is 6.32. The summed E-state index contributed by atoms with van der Waals surface area (Å²) in [6.07, 6.45) is 3.94. The third-order valence-electron chi connectivity index (χ3n) is 4.52. The Balaban J connectivity index is 1.36. The predicted octanol–water partition coefficient (Wildman–Crippen LogP) is 4.34. The first-order chi connectivity index (χ1) is 12.4. The molecule has 0 atom stereocenters. The van der Waals surface area contributed by atoms with E-state index < -0.39 is 0 Å². The van der Waals surface area contributed by atoms with Crippen molar-refractivity contribution in [1.29, 1.82) is 0 Å². The Labute approximate surface area is 147 Å². The second kappa shape index (κ2) is 7.38. The number of benzene rings is 2. The van der Waals surface area contributed by atoms with Gasteiger partial charge in [0.05, 0.1) is 6.54 Å². The van der Waals surface area contributed by atoms with E-state index in [0.29, 0.717) is 18.3 Å². The maximum Gasteiger partial charge on any atom is 0.247 e. The van der Waals surface area contributed by atoms with Gasteiger partial charge in [-0.3, -0.25) is 0 Å². The standard InChI is InChI=1S/C20H22N4O/c1-3-7-16(8-4-1)20-23-22-19(25-20)15-21-17-9-11-18(12-10-17)24-13-5-2-6-14-24/h1,3-4,7-12,21H,2,5-6,13-15H2. The van der Waals surface area contributed by atoms with Crippen molar-refractivity contribution in [2.45, 2.75) is 25.8 Å². The summed E-state index contributed by atoms with van der Waals surface area (Å²) in [6, 6.07) is 18.4. The number of nitrogens with one attached hydrogen (secondary N) is 1. The van der Waals surface area contributed by atoms with E-state index in [4.69, 9.17) is 4.42 Å². The van der Waals surface area contributed by atoms with Gasteiger partial charge in [0.2, 0.25) is 11.8 Å². The molecule has 5 heteroatoms. The number of aromatic nitrogens is 2. The second-order valence-electron chi connectivity index (χ2n) is 6.32. The smallest absolute Gasteiger partial charge is 0.247 e. The maximum absolute atomic E-state index is 5.72. The molecule has 1 saturated heterocycles. The monoisotopic (exact) mass is 334 g/mol. The van der Waals surface area contributed by atoms with Gasteiger partial charge in [-0.15, -0.1) is 10.2 Å². The Morgan fingerprint density at radius 2 is 1.64 bits per heavy atom. The molecule has 1 N–H and O–H groups in total. The molecule has 0 spiro atoms. The highest BCUT2D eigenvalue weighted by atomic mass is 16.4. The van der Waals surface area contributed by atoms with E-state index in [0.717, 1.165) is 24.3 Å². The van der Waals surface area contributed by atoms with Crippen LogP contribution in [-0.2, 0) is 6.54 Å². The van der Waals surface area contributed by atoms with Crippen molar-refractivity contribution in [3.05, 3.63) is 60.5 Å². The number of anilines is 2. The highest BCUT2D eigenvalue weighted by Crippen LogP contribution is 2.22. The minimum atomic E-state index is 0.517. The molecular formula is C20H22N4O. The highest BCUT2D eigenvalue weighted by Gasteiger charge is 2.11. The van der Waals surface area contributed by atoms with E-state index in [1.807, 2.05) is 30.3 Å². The fraction of sp³-hybridized carbons (Fsp3) is 0.300. The lowest BCUT2D eigenvalue weighted by Crippen LogP contribution is -2.29. The summed E-state index contributed by atoms with van der Waals surface area (Å²) in [6.45, 7) is 2.84. The van der Waals surface area contributed by atoms with Crippen LogP contribution in [0.4, 0.5) is 11.4 Å². The van der Waals surface area contributed by atoms with E-state index in [2.05, 4.69) is 44.7 Å². The molecule has 1 fully saturated rings. The molecule has 0 unspecified atom stereocenters. The molecule has 5 nitrogen and oxygen atoms in total. The first kappa shape index (κ1) is 15.7. The van der Waals surface area contributed by atoms with Gasteiger partial charge in [0.15, 0.2) is 0 Å². The van der Waals surface area contributed by atoms with Crippen LogP contribution in [0, 0.1) is 0 Å². The quantitative estimate of drug-likeness (QED) is 0.752. The molecule has 2 aromatic carbocycles. The van der Waals surface area contributed by atoms with Crippen molar-refractivity contribution >= 4 is 11.4 Å². The summed E-state index contributed by atoms with van der Waals surface area (Å²) in [5, 5.41) is 11.6. The predicted molar refractivity (Wildman–Crippen MR) is 99.6 cm³/mol. The Morgan fingerprint density at radius 3 is 2.40 bits per heavy atom. The zero-order chi connectivity index (χ0) is 16.9. The zero-order valence-electron chi connectivity index (χ0n) is 14.2. The van der Waals surface area contributed by atoms with Crippen LogP contribution in [0.1, 0.15) is 25.2 Å². The third-order valence-corrected chi connectivity index (χ3v) is 4.52. The van der Waals surface area contributed by atoms with Crippen LogP contribution in [0.25, 0.3) is 11.5 Å². The first-order valence-corrected chi connectivity index (χ1v) is 8.85. The summed E-state index contributed by atoms with van der Waals surface area (Å²) in [5.74, 6) is 1.14. The SMILES string of the molecule is c1ccc(-c2nnc(CNc3ccc(N4CCCCC4)cc3)o2)cc1. The van der Waals surface area contributed by atoms with Gasteiger partial charge in [-0.25, -0.2) is 0 Å². The van der Waals surface area contributed by atoms with Crippen molar-refractivity contribution in [2.24, 2.45) is 0 Å². The van der Waals surface area contributed by atoms with E-state index in [1.165, 1.54) is 24.9 Å². The minimum absolute atomic E-state index is 0.517. The van der Waals surface area contributed by atoms with Gasteiger partial charge in [0, 0.05) is 30.0 Å². The highest BCUT2D eigenvalue weighted by molar-refractivity contribution is 5.55. The van der Waals surface area contributed by atoms with E-state index in [-0.39, 0.29) is 0 Å². The lowest BCUT2D eigenvalue weighted by atomic mass is 10.1. The van der Waals surface area contributed by atoms with E-state index >= 15 is 0 Å². The molecule has 3 aromatic rings. The van der Waals surface area contributed by atoms with Crippen LogP contribution in [0.2, 0.25) is 0 Å². The summed E-state index contributed by atoms with van der Waals surface area (Å²) in [4.78, 5) is 2.46. The molecule has 1 aromatic heterocycles. The van der Waals surface area contributed by atoms with Crippen molar-refractivity contribution in [3.8, 4) is 11.5 Å². The number of hydrogen-bond donors (Lipinski definition) is 1. The lowest BCUT2D eigenvalue weighted by Gasteiger charge is -2.28. The van der Waals surface area contributed by atoms with Crippen molar-refractivity contribution < 1.29 is 4.42 Å². The van der Waals surface area contributed by atoms with E-state index in [1.54, 1.807) is 0 Å². The Kier molecular flexibility index (Phi) is 4.63. The molecule has 4 rings (SSSR count). The first-order valence-electron chi connectivity index (χ1n) is 8.85. The van der Waals surface area contributed by atoms with Gasteiger partial charge in [-0.1, -0.05) is 18.2 Å². The molecule has 0 radical (unpaired) electrons. The van der Waals surface area contributed by atoms with E-state index in [9.17, 15) is 0 Å². The Morgan fingerprint density at radius 1 is 0.880 bits per heavy atom. The lowest BCUT2D eigenvalue weighted by molar-refractivity contribution is 0.515. The molecule has 0 saturated carbocycles. The average Bonchev–Trinajstić information content (AvgIpc) is 3.17. The van der Waals surface area contributed by atoms with Gasteiger partial charge < -0.3 is 14.6 Å². The van der Waals surface area contributed by atoms with Gasteiger partial charge in [-0.2, -0.15) is 0 Å². The van der Waals surface area contributed by atoms with Crippen LogP contribution in [0.5, 0.6) is 0 Å². The largest absolute Gasteiger partial charge is 0.419 e. The van der Waals surface area contributed by atoms with Crippen LogP contribution >= 0.6 is 0 Å². The van der Waals surface area contributed by atoms with Crippen LogP contribution in [0.3, 0.4) is 0 Å². The molecule has 0 amide bonds. The molecule has 0 aliphatic carbocycles. The summed E-state index contributed by atoms with van der Waals surface area (Å²) < 4.78 is 5.72. The number of nitrogens with zero attached hydrogens (tertiary/aromatic N) is 3. The molecule has 1 aliphatic heterocycles. The van der Waals surface area contributed by atoms with Gasteiger partial charge in [0.25, 0.3) is 0 Å². The average molecular weight is 334 g/mol. The van der Waals surface area contributed by atoms with Crippen LogP contribution < -0.4 is 10.2 Å². The molecule has 2 heterocycles. The maximum atomic E-state index is 5.72. The number of piperidine rings is 1. The normalized spacial score (nSPS) is 14.5. The fourth-order valence-corrected chi connectivity index (χ4v) is 3.14. The van der Waals surface area contributed by atoms with Gasteiger partial charge in [-0.05, 0) is 55.7 Å². The zero-order valence-corrected chi connectivity index (χ0v) is 14.2. The fourth-order valence-electron chi connectivity index (χ4n) is 3.14. The van der Waals surface area contributed by atoms with Crippen molar-refractivity contribution in [3.63, 3.8) is 0 Å². The summed E-state index contributed by atoms with van der Waals surface area (Å²) in [7, 11) is 0. The molecule has 0 bridgehead atoms. The molecule has 1 aliphatic rings.